The number of aromatic nitrogens is 8. The zero-order valence-electron chi connectivity index (χ0n) is 17.2. The van der Waals surface area contributed by atoms with Gasteiger partial charge in [0, 0.05) is 11.5 Å². The Morgan fingerprint density at radius 3 is 1.47 bits per heavy atom. The third kappa shape index (κ3) is 6.36. The van der Waals surface area contributed by atoms with Gasteiger partial charge in [-0.1, -0.05) is 59.9 Å². The highest BCUT2D eigenvalue weighted by atomic mass is 32.2. The van der Waals surface area contributed by atoms with E-state index in [1.54, 1.807) is 32.9 Å². The lowest BCUT2D eigenvalue weighted by molar-refractivity contribution is 0.0604. The van der Waals surface area contributed by atoms with Crippen LogP contribution in [0, 0.1) is 0 Å². The molecule has 0 radical (unpaired) electrons. The number of rotatable bonds is 13. The van der Waals surface area contributed by atoms with Crippen LogP contribution in [-0.4, -0.2) is 78.3 Å². The lowest BCUT2D eigenvalue weighted by Gasteiger charge is -2.06. The predicted molar refractivity (Wildman–Crippen MR) is 121 cm³/mol. The minimum atomic E-state index is 0.538. The Morgan fingerprint density at radius 2 is 1.03 bits per heavy atom. The van der Waals surface area contributed by atoms with E-state index in [1.165, 1.54) is 0 Å². The Morgan fingerprint density at radius 1 is 0.594 bits per heavy atom. The van der Waals surface area contributed by atoms with Crippen LogP contribution in [-0.2, 0) is 9.47 Å². The molecular formula is C20H22N8O2S2. The third-order valence-corrected chi connectivity index (χ3v) is 5.94. The van der Waals surface area contributed by atoms with Crippen molar-refractivity contribution < 1.29 is 9.47 Å². The fourth-order valence-corrected chi connectivity index (χ4v) is 4.19. The molecule has 10 nitrogen and oxygen atoms in total. The number of thioether (sulfide) groups is 2. The van der Waals surface area contributed by atoms with E-state index in [2.05, 4.69) is 31.1 Å². The summed E-state index contributed by atoms with van der Waals surface area (Å²) < 4.78 is 14.7. The first-order valence-electron chi connectivity index (χ1n) is 10.0. The fourth-order valence-electron chi connectivity index (χ4n) is 2.71. The molecule has 2 aromatic carbocycles. The lowest BCUT2D eigenvalue weighted by atomic mass is 10.3. The molecule has 0 saturated carbocycles. The van der Waals surface area contributed by atoms with Crippen LogP contribution in [0.5, 0.6) is 0 Å². The van der Waals surface area contributed by atoms with Gasteiger partial charge in [-0.25, -0.2) is 0 Å². The highest BCUT2D eigenvalue weighted by molar-refractivity contribution is 7.99. The average Bonchev–Trinajstić information content (AvgIpc) is 3.51. The molecular weight excluding hydrogens is 448 g/mol. The topological polar surface area (TPSA) is 106 Å². The Balaban J connectivity index is 1.06. The quantitative estimate of drug-likeness (QED) is 0.214. The number of nitrogens with zero attached hydrogens (tertiary/aromatic N) is 8. The van der Waals surface area contributed by atoms with Gasteiger partial charge in [0.05, 0.1) is 37.8 Å². The maximum Gasteiger partial charge on any atom is 0.214 e. The second-order valence-electron chi connectivity index (χ2n) is 6.34. The van der Waals surface area contributed by atoms with Crippen LogP contribution in [0.15, 0.2) is 71.0 Å². The van der Waals surface area contributed by atoms with E-state index in [0.717, 1.165) is 33.2 Å². The van der Waals surface area contributed by atoms with Crippen LogP contribution in [0.1, 0.15) is 0 Å². The summed E-state index contributed by atoms with van der Waals surface area (Å²) in [6.07, 6.45) is 0. The van der Waals surface area contributed by atoms with Crippen molar-refractivity contribution >= 4 is 23.5 Å². The van der Waals surface area contributed by atoms with Crippen molar-refractivity contribution in [1.29, 1.82) is 0 Å². The number of benzene rings is 2. The van der Waals surface area contributed by atoms with E-state index in [-0.39, 0.29) is 0 Å². The molecule has 0 unspecified atom stereocenters. The molecule has 0 saturated heterocycles. The van der Waals surface area contributed by atoms with Crippen molar-refractivity contribution in [3.8, 4) is 11.4 Å². The van der Waals surface area contributed by atoms with Gasteiger partial charge in [0.1, 0.15) is 0 Å². The summed E-state index contributed by atoms with van der Waals surface area (Å²) >= 11 is 3.11. The average molecular weight is 471 g/mol. The summed E-state index contributed by atoms with van der Waals surface area (Å²) in [5.74, 6) is 1.51. The number of tetrazole rings is 2. The highest BCUT2D eigenvalue weighted by Gasteiger charge is 2.09. The molecule has 32 heavy (non-hydrogen) atoms. The summed E-state index contributed by atoms with van der Waals surface area (Å²) in [4.78, 5) is 0. The van der Waals surface area contributed by atoms with E-state index in [9.17, 15) is 0 Å². The van der Waals surface area contributed by atoms with E-state index in [0.29, 0.717) is 26.4 Å². The Labute approximate surface area is 193 Å². The van der Waals surface area contributed by atoms with Crippen molar-refractivity contribution in [2.75, 3.05) is 37.9 Å². The minimum absolute atomic E-state index is 0.538. The zero-order valence-corrected chi connectivity index (χ0v) is 18.9. The number of hydrogen-bond acceptors (Lipinski definition) is 10. The van der Waals surface area contributed by atoms with E-state index >= 15 is 0 Å². The van der Waals surface area contributed by atoms with Gasteiger partial charge in [0.2, 0.25) is 10.3 Å². The van der Waals surface area contributed by atoms with Crippen LogP contribution in [0.25, 0.3) is 11.4 Å². The smallest absolute Gasteiger partial charge is 0.214 e. The van der Waals surface area contributed by atoms with Crippen LogP contribution >= 0.6 is 23.5 Å². The first-order chi connectivity index (χ1) is 15.9. The summed E-state index contributed by atoms with van der Waals surface area (Å²) in [6, 6.07) is 19.6. The Kier molecular flexibility index (Phi) is 8.60. The number of hydrogen-bond donors (Lipinski definition) is 0. The number of para-hydroxylation sites is 2. The van der Waals surface area contributed by atoms with E-state index < -0.39 is 0 Å². The molecule has 0 aliphatic carbocycles. The second kappa shape index (κ2) is 12.3. The molecule has 166 valence electrons. The second-order valence-corrected chi connectivity index (χ2v) is 8.46. The van der Waals surface area contributed by atoms with Gasteiger partial charge in [0.15, 0.2) is 0 Å². The van der Waals surface area contributed by atoms with Gasteiger partial charge >= 0.3 is 0 Å². The van der Waals surface area contributed by atoms with Crippen LogP contribution in [0.3, 0.4) is 0 Å². The molecule has 4 rings (SSSR count). The largest absolute Gasteiger partial charge is 0.378 e. The number of ether oxygens (including phenoxy) is 2. The normalized spacial score (nSPS) is 11.1. The van der Waals surface area contributed by atoms with Gasteiger partial charge in [-0.2, -0.15) is 9.36 Å². The van der Waals surface area contributed by atoms with Gasteiger partial charge in [0.25, 0.3) is 0 Å². The van der Waals surface area contributed by atoms with Gasteiger partial charge in [-0.3, -0.25) is 0 Å². The Hall–Kier alpha value is -2.80. The molecule has 0 fully saturated rings. The molecule has 0 aliphatic heterocycles. The highest BCUT2D eigenvalue weighted by Crippen LogP contribution is 2.18. The maximum absolute atomic E-state index is 5.64. The van der Waals surface area contributed by atoms with Crippen LogP contribution in [0.2, 0.25) is 0 Å². The molecule has 12 heteroatoms. The van der Waals surface area contributed by atoms with Crippen LogP contribution < -0.4 is 0 Å². The molecule has 0 N–H and O–H groups in total. The molecule has 2 heterocycles. The zero-order chi connectivity index (χ0) is 21.8. The van der Waals surface area contributed by atoms with Crippen molar-refractivity contribution in [1.82, 2.24) is 40.4 Å². The summed E-state index contributed by atoms with van der Waals surface area (Å²) in [5.41, 5.74) is 1.87. The van der Waals surface area contributed by atoms with Gasteiger partial charge in [-0.05, 0) is 45.1 Å². The van der Waals surface area contributed by atoms with Crippen molar-refractivity contribution in [3.63, 3.8) is 0 Å². The summed E-state index contributed by atoms with van der Waals surface area (Å²) in [7, 11) is 0. The monoisotopic (exact) mass is 470 g/mol. The summed E-state index contributed by atoms with van der Waals surface area (Å²) in [5, 5.41) is 25.2. The van der Waals surface area contributed by atoms with Crippen molar-refractivity contribution in [2.45, 2.75) is 10.3 Å². The van der Waals surface area contributed by atoms with Crippen molar-refractivity contribution in [3.05, 3.63) is 60.7 Å². The molecule has 4 aromatic rings. The predicted octanol–water partition coefficient (Wildman–Crippen LogP) is 2.56. The SMILES string of the molecule is c1ccc(-n2nnnc2SCCOCCOCCSc2nnnn2-c2ccccc2)cc1. The van der Waals surface area contributed by atoms with E-state index in [1.807, 2.05) is 60.7 Å². The summed E-state index contributed by atoms with van der Waals surface area (Å²) in [6.45, 7) is 2.26. The molecule has 0 aliphatic rings. The molecule has 0 bridgehead atoms. The minimum Gasteiger partial charge on any atom is -0.378 e. The lowest BCUT2D eigenvalue weighted by Crippen LogP contribution is -2.09. The maximum atomic E-state index is 5.64. The van der Waals surface area contributed by atoms with Gasteiger partial charge in [-0.15, -0.1) is 10.2 Å². The fraction of sp³-hybridized carbons (Fsp3) is 0.300. The molecule has 0 amide bonds. The van der Waals surface area contributed by atoms with Crippen LogP contribution in [0.4, 0.5) is 0 Å². The van der Waals surface area contributed by atoms with Crippen molar-refractivity contribution in [2.24, 2.45) is 0 Å². The standard InChI is InChI=1S/C20H22N8O2S2/c1-3-7-17(8-4-1)27-19(21-23-25-27)31-15-13-29-11-12-30-14-16-32-20-22-24-26-28(20)18-9-5-2-6-10-18/h1-10H,11-16H2. The third-order valence-electron chi connectivity index (χ3n) is 4.17. The first kappa shape index (κ1) is 22.4. The van der Waals surface area contributed by atoms with Gasteiger partial charge < -0.3 is 9.47 Å². The first-order valence-corrected chi connectivity index (χ1v) is 12.0. The molecule has 2 aromatic heterocycles. The molecule has 0 atom stereocenters. The van der Waals surface area contributed by atoms with E-state index in [4.69, 9.17) is 9.47 Å². The molecule has 0 spiro atoms. The Bertz CT molecular complexity index is 976.